The molecule has 0 aliphatic carbocycles. The Bertz CT molecular complexity index is 1220. The van der Waals surface area contributed by atoms with Crippen LogP contribution in [-0.2, 0) is 9.53 Å². The Hall–Kier alpha value is -3.02. The number of hydrogen-bond acceptors (Lipinski definition) is 6. The topological polar surface area (TPSA) is 95.8 Å². The van der Waals surface area contributed by atoms with Gasteiger partial charge in [-0.2, -0.15) is 5.26 Å². The van der Waals surface area contributed by atoms with Crippen molar-refractivity contribution in [1.29, 1.82) is 5.26 Å². The maximum absolute atomic E-state index is 13.6. The smallest absolute Gasteiger partial charge is 0.410 e. The van der Waals surface area contributed by atoms with Gasteiger partial charge in [0.05, 0.1) is 21.5 Å². The van der Waals surface area contributed by atoms with Crippen LogP contribution in [0.5, 0.6) is 5.88 Å². The first-order chi connectivity index (χ1) is 17.9. The van der Waals surface area contributed by atoms with E-state index in [0.717, 1.165) is 5.56 Å². The van der Waals surface area contributed by atoms with E-state index in [2.05, 4.69) is 4.98 Å². The monoisotopic (exact) mass is 558 g/mol. The Morgan fingerprint density at radius 1 is 1.11 bits per heavy atom. The molecule has 2 amide bonds. The van der Waals surface area contributed by atoms with Crippen molar-refractivity contribution in [3.63, 3.8) is 0 Å². The summed E-state index contributed by atoms with van der Waals surface area (Å²) in [7, 11) is 0. The van der Waals surface area contributed by atoms with Crippen LogP contribution in [0.1, 0.15) is 51.2 Å². The second-order valence-electron chi connectivity index (χ2n) is 10.9. The molecule has 4 atom stereocenters. The minimum atomic E-state index is -0.589. The molecule has 2 fully saturated rings. The molecule has 8 nitrogen and oxygen atoms in total. The molecule has 0 spiro atoms. The fraction of sp³-hybridized carbons (Fsp3) is 0.500. The Kier molecular flexibility index (Phi) is 8.39. The quantitative estimate of drug-likeness (QED) is 0.478. The van der Waals surface area contributed by atoms with Gasteiger partial charge in [0.2, 0.25) is 11.8 Å². The molecule has 1 aromatic carbocycles. The van der Waals surface area contributed by atoms with E-state index in [4.69, 9.17) is 37.9 Å². The van der Waals surface area contributed by atoms with Crippen molar-refractivity contribution < 1.29 is 19.1 Å². The van der Waals surface area contributed by atoms with Crippen LogP contribution in [0.3, 0.4) is 0 Å². The van der Waals surface area contributed by atoms with Crippen molar-refractivity contribution in [3.8, 4) is 11.9 Å². The number of nitriles is 1. The molecule has 202 valence electrons. The number of nitrogens with zero attached hydrogens (tertiary/aromatic N) is 4. The van der Waals surface area contributed by atoms with Crippen LogP contribution >= 0.6 is 23.2 Å². The normalized spacial score (nSPS) is 22.2. The first-order valence-corrected chi connectivity index (χ1v) is 13.4. The molecule has 2 aromatic rings. The van der Waals surface area contributed by atoms with Gasteiger partial charge in [-0.15, -0.1) is 0 Å². The lowest BCUT2D eigenvalue weighted by Gasteiger charge is -2.26. The molecule has 2 aliphatic heterocycles. The third kappa shape index (κ3) is 6.51. The minimum Gasteiger partial charge on any atom is -0.474 e. The third-order valence-electron chi connectivity index (χ3n) is 7.01. The summed E-state index contributed by atoms with van der Waals surface area (Å²) in [5, 5.41) is 9.96. The van der Waals surface area contributed by atoms with Gasteiger partial charge >= 0.3 is 6.09 Å². The molecule has 38 heavy (non-hydrogen) atoms. The van der Waals surface area contributed by atoms with Crippen LogP contribution in [0.25, 0.3) is 0 Å². The van der Waals surface area contributed by atoms with Gasteiger partial charge in [-0.05, 0) is 57.9 Å². The fourth-order valence-corrected chi connectivity index (χ4v) is 5.39. The Morgan fingerprint density at radius 3 is 2.50 bits per heavy atom. The average Bonchev–Trinajstić information content (AvgIpc) is 3.53. The Balaban J connectivity index is 1.50. The van der Waals surface area contributed by atoms with E-state index < -0.39 is 11.7 Å². The zero-order valence-electron chi connectivity index (χ0n) is 22.0. The van der Waals surface area contributed by atoms with Gasteiger partial charge < -0.3 is 19.3 Å². The van der Waals surface area contributed by atoms with Crippen molar-refractivity contribution in [2.45, 2.75) is 51.7 Å². The maximum Gasteiger partial charge on any atom is 0.410 e. The Labute approximate surface area is 233 Å². The third-order valence-corrected chi connectivity index (χ3v) is 7.75. The molecule has 0 N–H and O–H groups in total. The molecule has 4 rings (SSSR count). The Morgan fingerprint density at radius 2 is 1.87 bits per heavy atom. The lowest BCUT2D eigenvalue weighted by molar-refractivity contribution is -0.134. The first-order valence-electron chi connectivity index (χ1n) is 12.7. The molecule has 1 aromatic heterocycles. The number of pyridine rings is 1. The zero-order chi connectivity index (χ0) is 27.6. The van der Waals surface area contributed by atoms with E-state index in [9.17, 15) is 9.59 Å². The number of amides is 2. The second kappa shape index (κ2) is 11.4. The number of ether oxygens (including phenoxy) is 2. The van der Waals surface area contributed by atoms with E-state index in [-0.39, 0.29) is 29.8 Å². The predicted octanol–water partition coefficient (Wildman–Crippen LogP) is 5.53. The van der Waals surface area contributed by atoms with Crippen molar-refractivity contribution in [1.82, 2.24) is 14.8 Å². The highest BCUT2D eigenvalue weighted by Gasteiger charge is 2.43. The van der Waals surface area contributed by atoms with Crippen LogP contribution in [0.15, 0.2) is 36.5 Å². The average molecular weight is 559 g/mol. The number of halogens is 2. The highest BCUT2D eigenvalue weighted by Crippen LogP contribution is 2.39. The van der Waals surface area contributed by atoms with Gasteiger partial charge in [0.15, 0.2) is 0 Å². The maximum atomic E-state index is 13.6. The van der Waals surface area contributed by atoms with E-state index in [1.165, 1.54) is 6.20 Å². The van der Waals surface area contributed by atoms with Gasteiger partial charge in [-0.25, -0.2) is 9.78 Å². The van der Waals surface area contributed by atoms with Crippen LogP contribution in [-0.4, -0.2) is 64.7 Å². The summed E-state index contributed by atoms with van der Waals surface area (Å²) in [5.74, 6) is 0.0693. The van der Waals surface area contributed by atoms with Crippen molar-refractivity contribution in [3.05, 3.63) is 57.7 Å². The molecule has 10 heteroatoms. The highest BCUT2D eigenvalue weighted by molar-refractivity contribution is 6.42. The zero-order valence-corrected chi connectivity index (χ0v) is 23.5. The molecule has 0 saturated carbocycles. The molecular weight excluding hydrogens is 527 g/mol. The highest BCUT2D eigenvalue weighted by atomic mass is 35.5. The number of benzene rings is 1. The van der Waals surface area contributed by atoms with Crippen LogP contribution in [0.2, 0.25) is 10.0 Å². The molecule has 3 heterocycles. The summed E-state index contributed by atoms with van der Waals surface area (Å²) >= 11 is 12.5. The predicted molar refractivity (Wildman–Crippen MR) is 144 cm³/mol. The lowest BCUT2D eigenvalue weighted by Crippen LogP contribution is -2.39. The van der Waals surface area contributed by atoms with Gasteiger partial charge in [-0.1, -0.05) is 29.3 Å². The van der Waals surface area contributed by atoms with Gasteiger partial charge in [0.25, 0.3) is 0 Å². The summed E-state index contributed by atoms with van der Waals surface area (Å²) in [6.45, 7) is 9.26. The first kappa shape index (κ1) is 28.0. The number of hydrogen-bond donors (Lipinski definition) is 0. The van der Waals surface area contributed by atoms with Gasteiger partial charge in [0.1, 0.15) is 17.8 Å². The fourth-order valence-electron chi connectivity index (χ4n) is 5.09. The molecule has 2 aliphatic rings. The second-order valence-corrected chi connectivity index (χ2v) is 11.7. The number of carbonyl (C=O) groups excluding carboxylic acids is 2. The summed E-state index contributed by atoms with van der Waals surface area (Å²) in [5.41, 5.74) is 0.840. The summed E-state index contributed by atoms with van der Waals surface area (Å²) in [4.78, 5) is 33.8. The van der Waals surface area contributed by atoms with E-state index in [0.29, 0.717) is 54.1 Å². The van der Waals surface area contributed by atoms with Crippen molar-refractivity contribution >= 4 is 35.2 Å². The summed E-state index contributed by atoms with van der Waals surface area (Å²) < 4.78 is 11.7. The summed E-state index contributed by atoms with van der Waals surface area (Å²) in [6.07, 6.45) is 1.39. The summed E-state index contributed by atoms with van der Waals surface area (Å²) in [6, 6.07) is 10.9. The number of carbonyl (C=O) groups is 2. The van der Waals surface area contributed by atoms with Gasteiger partial charge in [0, 0.05) is 50.3 Å². The molecule has 0 bridgehead atoms. The van der Waals surface area contributed by atoms with E-state index in [1.54, 1.807) is 23.1 Å². The lowest BCUT2D eigenvalue weighted by atomic mass is 9.86. The number of likely N-dealkylation sites (tertiary alicyclic amines) is 2. The minimum absolute atomic E-state index is 0.0207. The SMILES string of the molecule is C[C@@H](Oc1ccc(C#N)cn1)C1CN(C(=O)C2CCN(C(=O)OC(C)(C)C)C2)CC1c1ccc(Cl)c(Cl)c1. The number of rotatable bonds is 5. The van der Waals surface area contributed by atoms with Crippen LogP contribution in [0, 0.1) is 23.2 Å². The molecule has 2 saturated heterocycles. The largest absolute Gasteiger partial charge is 0.474 e. The van der Waals surface area contributed by atoms with E-state index >= 15 is 0 Å². The van der Waals surface area contributed by atoms with E-state index in [1.807, 2.05) is 50.8 Å². The van der Waals surface area contributed by atoms with Crippen LogP contribution < -0.4 is 4.74 Å². The van der Waals surface area contributed by atoms with Crippen molar-refractivity contribution in [2.75, 3.05) is 26.2 Å². The standard InChI is InChI=1S/C28H32Cl2N4O4/c1-17(37-25-8-5-18(12-31)13-32-25)21-15-34(16-22(21)19-6-7-23(29)24(30)11-19)26(35)20-9-10-33(14-20)27(36)38-28(2,3)4/h5-8,11,13,17,20-22H,9-10,14-16H2,1-4H3/t17-,20?,21?,22?/m1/s1. The van der Waals surface area contributed by atoms with Crippen LogP contribution in [0.4, 0.5) is 4.79 Å². The van der Waals surface area contributed by atoms with Crippen molar-refractivity contribution in [2.24, 2.45) is 11.8 Å². The molecular formula is C28H32Cl2N4O4. The molecule has 0 radical (unpaired) electrons. The number of aromatic nitrogens is 1. The van der Waals surface area contributed by atoms with Gasteiger partial charge in [-0.3, -0.25) is 4.79 Å². The molecule has 3 unspecified atom stereocenters.